The maximum Gasteiger partial charge on any atom is -0.0386 e. The van der Waals surface area contributed by atoms with Crippen molar-refractivity contribution in [1.29, 1.82) is 0 Å². The van der Waals surface area contributed by atoms with Crippen LogP contribution in [0.3, 0.4) is 0 Å². The van der Waals surface area contributed by atoms with Crippen molar-refractivity contribution in [3.05, 3.63) is 0 Å². The van der Waals surface area contributed by atoms with Crippen LogP contribution in [0.15, 0.2) is 0 Å². The highest BCUT2D eigenvalue weighted by Gasteiger charge is 2.22. The molecule has 0 bridgehead atoms. The van der Waals surface area contributed by atoms with E-state index in [9.17, 15) is 0 Å². The molecular formula is C148H298. The van der Waals surface area contributed by atoms with E-state index in [1.807, 2.05) is 0 Å². The molecule has 0 saturated carbocycles. The van der Waals surface area contributed by atoms with Crippen LogP contribution in [-0.2, 0) is 0 Å². The van der Waals surface area contributed by atoms with Crippen molar-refractivity contribution in [3.8, 4) is 0 Å². The molecule has 0 aliphatic heterocycles. The van der Waals surface area contributed by atoms with Gasteiger partial charge in [0.2, 0.25) is 0 Å². The summed E-state index contributed by atoms with van der Waals surface area (Å²) in [5.74, 6) is 3.03. The maximum atomic E-state index is 2.34. The normalized spacial score (nSPS) is 12.5. The zero-order chi connectivity index (χ0) is 106. The molecule has 0 rings (SSSR count). The lowest BCUT2D eigenvalue weighted by molar-refractivity contribution is 0.236. The lowest BCUT2D eigenvalue weighted by Gasteiger charge is -2.28. The third-order valence-electron chi connectivity index (χ3n) is 37.1. The van der Waals surface area contributed by atoms with Crippen LogP contribution in [0.1, 0.15) is 934 Å². The van der Waals surface area contributed by atoms with E-state index in [1.165, 1.54) is 873 Å². The molecule has 0 aromatic rings. The fourth-order valence-electron chi connectivity index (χ4n) is 26.3. The van der Waals surface area contributed by atoms with E-state index < -0.39 is 0 Å². The highest BCUT2D eigenvalue weighted by atomic mass is 14.3. The molecule has 0 N–H and O–H groups in total. The molecule has 0 heterocycles. The molecule has 3 atom stereocenters. The highest BCUT2D eigenvalue weighted by Crippen LogP contribution is 2.36. The molecule has 148 heavy (non-hydrogen) atoms. The molecular weight excluding hydrogens is 1780 g/mol. The van der Waals surface area contributed by atoms with Crippen molar-refractivity contribution in [2.45, 2.75) is 934 Å². The van der Waals surface area contributed by atoms with Crippen molar-refractivity contribution in [2.24, 2.45) is 17.8 Å². The van der Waals surface area contributed by atoms with Crippen molar-refractivity contribution < 1.29 is 0 Å². The summed E-state index contributed by atoms with van der Waals surface area (Å²) < 4.78 is 0. The van der Waals surface area contributed by atoms with Gasteiger partial charge in [0.05, 0.1) is 0 Å². The fourth-order valence-corrected chi connectivity index (χ4v) is 26.3. The average molecular weight is 2080 g/mol. The summed E-state index contributed by atoms with van der Waals surface area (Å²) in [4.78, 5) is 0. The Labute approximate surface area is 944 Å². The van der Waals surface area contributed by atoms with Crippen molar-refractivity contribution >= 4 is 0 Å². The van der Waals surface area contributed by atoms with Gasteiger partial charge in [0, 0.05) is 0 Å². The third-order valence-corrected chi connectivity index (χ3v) is 37.1. The second-order valence-corrected chi connectivity index (χ2v) is 52.2. The highest BCUT2D eigenvalue weighted by molar-refractivity contribution is 4.74. The van der Waals surface area contributed by atoms with E-state index in [2.05, 4.69) is 34.6 Å². The first kappa shape index (κ1) is 148. The first-order valence-electron chi connectivity index (χ1n) is 73.7. The van der Waals surface area contributed by atoms with Crippen molar-refractivity contribution in [1.82, 2.24) is 0 Å². The van der Waals surface area contributed by atoms with Gasteiger partial charge in [-0.05, 0) is 17.8 Å². The van der Waals surface area contributed by atoms with Gasteiger partial charge in [-0.25, -0.2) is 0 Å². The molecule has 0 aromatic heterocycles. The van der Waals surface area contributed by atoms with Gasteiger partial charge in [-0.3, -0.25) is 0 Å². The molecule has 3 unspecified atom stereocenters. The summed E-state index contributed by atoms with van der Waals surface area (Å²) in [6.45, 7) is 11.7. The van der Waals surface area contributed by atoms with Gasteiger partial charge in [0.15, 0.2) is 0 Å². The van der Waals surface area contributed by atoms with Gasteiger partial charge in [0.1, 0.15) is 0 Å². The maximum absolute atomic E-state index is 2.34. The van der Waals surface area contributed by atoms with Crippen LogP contribution in [-0.4, -0.2) is 0 Å². The van der Waals surface area contributed by atoms with E-state index in [4.69, 9.17) is 0 Å². The Kier molecular flexibility index (Phi) is 141. The molecule has 0 aliphatic carbocycles. The van der Waals surface area contributed by atoms with Crippen LogP contribution < -0.4 is 0 Å². The molecule has 890 valence electrons. The molecule has 0 heteroatoms. The van der Waals surface area contributed by atoms with Crippen LogP contribution in [0.2, 0.25) is 0 Å². The van der Waals surface area contributed by atoms with Crippen LogP contribution >= 0.6 is 0 Å². The monoisotopic (exact) mass is 2080 g/mol. The van der Waals surface area contributed by atoms with Crippen LogP contribution in [0.25, 0.3) is 0 Å². The predicted molar refractivity (Wildman–Crippen MR) is 685 cm³/mol. The smallest absolute Gasteiger partial charge is 0.0386 e. The molecule has 0 aromatic carbocycles. The summed E-state index contributed by atoms with van der Waals surface area (Å²) in [7, 11) is 0. The summed E-state index contributed by atoms with van der Waals surface area (Å²) in [5, 5.41) is 0. The van der Waals surface area contributed by atoms with Gasteiger partial charge < -0.3 is 0 Å². The Hall–Kier alpha value is 0. The average Bonchev–Trinajstić information content (AvgIpc) is 0.911. The molecule has 0 amide bonds. The summed E-state index contributed by atoms with van der Waals surface area (Å²) in [5.41, 5.74) is 0. The second kappa shape index (κ2) is 141. The van der Waals surface area contributed by atoms with Gasteiger partial charge in [-0.2, -0.15) is 0 Å². The van der Waals surface area contributed by atoms with Crippen LogP contribution in [0.4, 0.5) is 0 Å². The molecule has 0 aliphatic rings. The van der Waals surface area contributed by atoms with E-state index in [-0.39, 0.29) is 0 Å². The Morgan fingerprint density at radius 1 is 0.0608 bits per heavy atom. The van der Waals surface area contributed by atoms with Gasteiger partial charge in [-0.15, -0.1) is 0 Å². The first-order valence-corrected chi connectivity index (χ1v) is 73.7. The molecule has 0 nitrogen and oxygen atoms in total. The van der Waals surface area contributed by atoms with Crippen LogP contribution in [0, 0.1) is 17.8 Å². The molecule has 0 radical (unpaired) electrons. The topological polar surface area (TPSA) is 0 Å². The Morgan fingerprint density at radius 3 is 0.182 bits per heavy atom. The number of rotatable bonds is 142. The fraction of sp³-hybridized carbons (Fsp3) is 1.00. The van der Waals surface area contributed by atoms with E-state index in [0.717, 1.165) is 17.8 Å². The Bertz CT molecular complexity index is 2150. The zero-order valence-electron chi connectivity index (χ0n) is 106. The lowest BCUT2D eigenvalue weighted by Crippen LogP contribution is -2.16. The number of hydrogen-bond acceptors (Lipinski definition) is 0. The predicted octanol–water partition coefficient (Wildman–Crippen LogP) is 57.5. The number of unbranched alkanes of at least 4 members (excludes halogenated alkanes) is 127. The van der Waals surface area contributed by atoms with Crippen molar-refractivity contribution in [2.75, 3.05) is 0 Å². The third kappa shape index (κ3) is 133. The molecule has 0 spiro atoms. The van der Waals surface area contributed by atoms with E-state index in [1.54, 1.807) is 25.7 Å². The SMILES string of the molecule is CCCCCCCCCCCCCCCCCCCCCCCCCCCC(CCCCCCCCCCCCCCCCCCC)CCCCCCCCCCCCCCCCCCCCCCCCCCCC(CCCCCCCCCCCCCCCCCCCCCC)C(CCCCCCCCCCCCCCCCCCCCCCC)CCCCCCCCCCCCCCCCCCCCCCCCCCC. The summed E-state index contributed by atoms with van der Waals surface area (Å²) in [6, 6.07) is 0. The standard InChI is InChI=1S/C148H298/c1-6-11-16-21-26-31-36-41-46-51-55-59-61-64-68-73-77-84-91-98-105-112-119-126-133-140-146(139-132-125-118-111-104-97-90-83-50-45-40-35-30-25-20-15-10-5)141-134-127-120-113-106-99-92-85-78-74-69-66-63-67-71-76-82-89-96-103-110-117-124-131-137-144-147(142-135-128-121-114-107-100-93-86-79-58-54-49-44-39-34-29-24-19-14-9-4)148(143-136-129-122-115-108-101-94-87-80-72-57-53-48-43-38-33-28-23-18-13-8-3)145-138-130-123-116-109-102-95-88-81-75-70-65-62-60-56-52-47-42-37-32-27-22-17-12-7-2/h146-148H,6-145H2,1-5H3. The first-order chi connectivity index (χ1) is 73.7. The molecule has 0 fully saturated rings. The van der Waals surface area contributed by atoms with Crippen LogP contribution in [0.5, 0.6) is 0 Å². The van der Waals surface area contributed by atoms with E-state index in [0.29, 0.717) is 0 Å². The van der Waals surface area contributed by atoms with Gasteiger partial charge in [0.25, 0.3) is 0 Å². The summed E-state index contributed by atoms with van der Waals surface area (Å²) >= 11 is 0. The van der Waals surface area contributed by atoms with E-state index >= 15 is 0 Å². The minimum Gasteiger partial charge on any atom is -0.0654 e. The Balaban J connectivity index is 4.90. The number of hydrogen-bond donors (Lipinski definition) is 0. The second-order valence-electron chi connectivity index (χ2n) is 52.2. The minimum atomic E-state index is 1.00. The van der Waals surface area contributed by atoms with Gasteiger partial charge in [-0.1, -0.05) is 934 Å². The van der Waals surface area contributed by atoms with Crippen molar-refractivity contribution in [3.63, 3.8) is 0 Å². The summed E-state index contributed by atoms with van der Waals surface area (Å²) in [6.07, 6.45) is 209. The zero-order valence-corrected chi connectivity index (χ0v) is 106. The largest absolute Gasteiger partial charge is 0.0654 e. The lowest BCUT2D eigenvalue weighted by atomic mass is 9.78. The minimum absolute atomic E-state index is 1.00. The molecule has 0 saturated heterocycles. The Morgan fingerprint density at radius 2 is 0.115 bits per heavy atom. The quantitative estimate of drug-likeness (QED) is 0.0533. The van der Waals surface area contributed by atoms with Gasteiger partial charge >= 0.3 is 0 Å².